The van der Waals surface area contributed by atoms with Crippen molar-refractivity contribution in [2.24, 2.45) is 5.10 Å². The normalized spacial score (nSPS) is 11.8. The minimum absolute atomic E-state index is 0.281. The van der Waals surface area contributed by atoms with Gasteiger partial charge in [-0.2, -0.15) is 5.10 Å². The fourth-order valence-corrected chi connectivity index (χ4v) is 4.39. The Morgan fingerprint density at radius 3 is 2.58 bits per heavy atom. The van der Waals surface area contributed by atoms with E-state index in [1.807, 2.05) is 54.0 Å². The molecule has 0 aliphatic rings. The van der Waals surface area contributed by atoms with Crippen LogP contribution < -0.4 is 15.5 Å². The summed E-state index contributed by atoms with van der Waals surface area (Å²) in [6, 6.07) is 20.8. The molecule has 0 spiro atoms. The monoisotopic (exact) mass is 553 g/mol. The van der Waals surface area contributed by atoms with Crippen LogP contribution in [0.4, 0.5) is 18.9 Å². The van der Waals surface area contributed by atoms with Crippen LogP contribution in [0.25, 0.3) is 27.5 Å². The van der Waals surface area contributed by atoms with Gasteiger partial charge in [0.05, 0.1) is 17.2 Å². The predicted octanol–water partition coefficient (Wildman–Crippen LogP) is 7.36. The zero-order valence-corrected chi connectivity index (χ0v) is 21.3. The van der Waals surface area contributed by atoms with Crippen molar-refractivity contribution >= 4 is 62.6 Å². The number of ether oxygens (including phenoxy) is 1. The lowest BCUT2D eigenvalue weighted by molar-refractivity contribution is -0.274. The minimum atomic E-state index is -4.74. The van der Waals surface area contributed by atoms with E-state index in [0.29, 0.717) is 15.8 Å². The van der Waals surface area contributed by atoms with Crippen LogP contribution in [-0.2, 0) is 0 Å². The van der Waals surface area contributed by atoms with Crippen LogP contribution in [-0.4, -0.2) is 27.2 Å². The van der Waals surface area contributed by atoms with Crippen LogP contribution in [0.15, 0.2) is 84.2 Å². The number of alkyl halides is 3. The van der Waals surface area contributed by atoms with Gasteiger partial charge >= 0.3 is 6.36 Å². The van der Waals surface area contributed by atoms with Crippen molar-refractivity contribution in [2.45, 2.75) is 13.3 Å². The van der Waals surface area contributed by atoms with E-state index in [4.69, 9.17) is 23.8 Å². The summed E-state index contributed by atoms with van der Waals surface area (Å²) in [6.45, 7) is 1.93. The maximum absolute atomic E-state index is 12.4. The first-order valence-electron chi connectivity index (χ1n) is 11.3. The van der Waals surface area contributed by atoms with Crippen molar-refractivity contribution in [2.75, 3.05) is 5.32 Å². The number of anilines is 1. The largest absolute Gasteiger partial charge is 0.573 e. The minimum Gasteiger partial charge on any atom is -0.406 e. The van der Waals surface area contributed by atoms with Gasteiger partial charge < -0.3 is 10.1 Å². The summed E-state index contributed by atoms with van der Waals surface area (Å²) in [6.07, 6.45) is -1.43. The van der Waals surface area contributed by atoms with Crippen molar-refractivity contribution in [1.82, 2.24) is 15.0 Å². The van der Waals surface area contributed by atoms with E-state index in [0.717, 1.165) is 38.6 Å². The van der Waals surface area contributed by atoms with Crippen LogP contribution in [0.5, 0.6) is 5.75 Å². The summed E-state index contributed by atoms with van der Waals surface area (Å²) >= 11 is 11.3. The van der Waals surface area contributed by atoms with E-state index >= 15 is 0 Å². The molecule has 0 bridgehead atoms. The Hall–Kier alpha value is -4.15. The van der Waals surface area contributed by atoms with Crippen molar-refractivity contribution in [3.63, 3.8) is 0 Å². The highest BCUT2D eigenvalue weighted by Crippen LogP contribution is 2.29. The number of fused-ring (bicyclic) bond motifs is 3. The summed E-state index contributed by atoms with van der Waals surface area (Å²) in [5.41, 5.74) is 7.70. The van der Waals surface area contributed by atoms with Gasteiger partial charge in [-0.1, -0.05) is 29.8 Å². The lowest BCUT2D eigenvalue weighted by atomic mass is 10.1. The van der Waals surface area contributed by atoms with Crippen LogP contribution in [0.2, 0.25) is 5.02 Å². The number of rotatable bonds is 5. The highest BCUT2D eigenvalue weighted by molar-refractivity contribution is 7.80. The molecule has 0 unspecified atom stereocenters. The Balaban J connectivity index is 1.31. The van der Waals surface area contributed by atoms with E-state index < -0.39 is 6.36 Å². The molecule has 11 heteroatoms. The highest BCUT2D eigenvalue weighted by Gasteiger charge is 2.31. The number of halogens is 4. The van der Waals surface area contributed by atoms with Crippen LogP contribution in [0.3, 0.4) is 0 Å². The highest BCUT2D eigenvalue weighted by atomic mass is 35.5. The summed E-state index contributed by atoms with van der Waals surface area (Å²) in [5.74, 6) is -0.281. The quantitative estimate of drug-likeness (QED) is 0.135. The van der Waals surface area contributed by atoms with Gasteiger partial charge in [-0.3, -0.25) is 9.99 Å². The standard InChI is InChI=1S/C27H19ClF3N5OS/c1-16-12-19(28)4-10-23(16)34-26(38)35-33-14-17-2-9-22-18(13-17)3-11-24-25(22)32-15-36(24)20-5-7-21(8-6-20)37-27(29,30)31/h2-15H,1H3,(H2,34,35,38)/b33-14+. The zero-order valence-electron chi connectivity index (χ0n) is 19.8. The first-order valence-corrected chi connectivity index (χ1v) is 12.1. The summed E-state index contributed by atoms with van der Waals surface area (Å²) < 4.78 is 43.1. The van der Waals surface area contributed by atoms with Crippen LogP contribution in [0.1, 0.15) is 11.1 Å². The third-order valence-electron chi connectivity index (χ3n) is 5.72. The molecule has 0 saturated carbocycles. The molecular formula is C27H19ClF3N5OS. The number of aryl methyl sites for hydroxylation is 1. The Labute approximate surface area is 225 Å². The molecule has 0 atom stereocenters. The van der Waals surface area contributed by atoms with E-state index in [1.165, 1.54) is 12.1 Å². The Morgan fingerprint density at radius 2 is 1.84 bits per heavy atom. The number of nitrogens with zero attached hydrogens (tertiary/aromatic N) is 3. The lowest BCUT2D eigenvalue weighted by Crippen LogP contribution is -2.24. The topological polar surface area (TPSA) is 63.5 Å². The van der Waals surface area contributed by atoms with Crippen LogP contribution in [0, 0.1) is 6.92 Å². The maximum Gasteiger partial charge on any atom is 0.573 e. The Kier molecular flexibility index (Phi) is 6.92. The van der Waals surface area contributed by atoms with E-state index in [-0.39, 0.29) is 5.75 Å². The average molecular weight is 554 g/mol. The molecule has 4 aromatic carbocycles. The first kappa shape index (κ1) is 25.5. The summed E-state index contributed by atoms with van der Waals surface area (Å²) in [5, 5.41) is 10.2. The van der Waals surface area contributed by atoms with Gasteiger partial charge in [-0.05, 0) is 90.3 Å². The van der Waals surface area contributed by atoms with E-state index in [9.17, 15) is 13.2 Å². The molecule has 0 fully saturated rings. The summed E-state index contributed by atoms with van der Waals surface area (Å²) in [4.78, 5) is 4.54. The molecule has 5 aromatic rings. The first-order chi connectivity index (χ1) is 18.2. The fourth-order valence-electron chi connectivity index (χ4n) is 4.01. The molecule has 2 N–H and O–H groups in total. The molecule has 5 rings (SSSR count). The van der Waals surface area contributed by atoms with E-state index in [2.05, 4.69) is 25.6 Å². The second-order valence-corrected chi connectivity index (χ2v) is 9.20. The van der Waals surface area contributed by atoms with Crippen molar-refractivity contribution < 1.29 is 17.9 Å². The lowest BCUT2D eigenvalue weighted by Gasteiger charge is -2.10. The molecule has 192 valence electrons. The second kappa shape index (κ2) is 10.3. The number of hydrazone groups is 1. The number of hydrogen-bond acceptors (Lipinski definition) is 4. The van der Waals surface area contributed by atoms with Crippen molar-refractivity contribution in [1.29, 1.82) is 0 Å². The van der Waals surface area contributed by atoms with Gasteiger partial charge in [0.25, 0.3) is 0 Å². The van der Waals surface area contributed by atoms with Crippen LogP contribution >= 0.6 is 23.8 Å². The van der Waals surface area contributed by atoms with Gasteiger partial charge in [-0.15, -0.1) is 13.2 Å². The number of nitrogens with one attached hydrogen (secondary N) is 2. The molecule has 0 aliphatic carbocycles. The number of thiocarbonyl (C=S) groups is 1. The predicted molar refractivity (Wildman–Crippen MR) is 148 cm³/mol. The molecule has 0 amide bonds. The SMILES string of the molecule is Cc1cc(Cl)ccc1NC(=S)N/N=C/c1ccc2c(ccc3c2ncn3-c2ccc(OC(F)(F)F)cc2)c1. The van der Waals surface area contributed by atoms with Crippen molar-refractivity contribution in [3.05, 3.63) is 95.3 Å². The third-order valence-corrected chi connectivity index (χ3v) is 6.15. The summed E-state index contributed by atoms with van der Waals surface area (Å²) in [7, 11) is 0. The Bertz CT molecular complexity index is 1680. The molecule has 0 aliphatic heterocycles. The van der Waals surface area contributed by atoms with Gasteiger partial charge in [0.1, 0.15) is 12.1 Å². The number of benzene rings is 4. The molecule has 0 saturated heterocycles. The molecule has 1 heterocycles. The maximum atomic E-state index is 12.4. The number of hydrogen-bond donors (Lipinski definition) is 2. The third kappa shape index (κ3) is 5.71. The van der Waals surface area contributed by atoms with Crippen molar-refractivity contribution in [3.8, 4) is 11.4 Å². The van der Waals surface area contributed by atoms with Gasteiger partial charge in [0.15, 0.2) is 5.11 Å². The van der Waals surface area contributed by atoms with Gasteiger partial charge in [0, 0.05) is 21.8 Å². The fraction of sp³-hybridized carbons (Fsp3) is 0.0741. The molecule has 6 nitrogen and oxygen atoms in total. The molecule has 38 heavy (non-hydrogen) atoms. The number of imidazole rings is 1. The average Bonchev–Trinajstić information content (AvgIpc) is 3.30. The zero-order chi connectivity index (χ0) is 26.9. The number of aromatic nitrogens is 2. The molecule has 0 radical (unpaired) electrons. The smallest absolute Gasteiger partial charge is 0.406 e. The second-order valence-electron chi connectivity index (χ2n) is 8.35. The van der Waals surface area contributed by atoms with E-state index in [1.54, 1.807) is 30.7 Å². The Morgan fingerprint density at radius 1 is 1.05 bits per heavy atom. The van der Waals surface area contributed by atoms with Gasteiger partial charge in [-0.25, -0.2) is 4.98 Å². The molecular weight excluding hydrogens is 535 g/mol. The molecule has 1 aromatic heterocycles. The van der Waals surface area contributed by atoms with Gasteiger partial charge in [0.2, 0.25) is 0 Å².